The Kier molecular flexibility index (Phi) is 3.58. The number of hydrogen-bond donors (Lipinski definition) is 2. The minimum atomic E-state index is -0.151. The molecular formula is C12H17N3O2. The summed E-state index contributed by atoms with van der Waals surface area (Å²) in [4.78, 5) is 16.1. The lowest BCUT2D eigenvalue weighted by Crippen LogP contribution is -2.39. The third-order valence-corrected chi connectivity index (χ3v) is 2.87. The Hall–Kier alpha value is -1.62. The highest BCUT2D eigenvalue weighted by atomic mass is 16.5. The summed E-state index contributed by atoms with van der Waals surface area (Å²) in [6.45, 7) is 3.25. The van der Waals surface area contributed by atoms with E-state index in [1.165, 1.54) is 6.20 Å². The first kappa shape index (κ1) is 11.9. The van der Waals surface area contributed by atoms with Crippen molar-refractivity contribution in [1.29, 1.82) is 0 Å². The number of nitrogens with zero attached hydrogens (tertiary/aromatic N) is 1. The van der Waals surface area contributed by atoms with Crippen LogP contribution in [0.4, 0.5) is 5.69 Å². The first-order chi connectivity index (χ1) is 8.16. The zero-order valence-electron chi connectivity index (χ0n) is 9.90. The van der Waals surface area contributed by atoms with Gasteiger partial charge in [0.1, 0.15) is 0 Å². The molecule has 0 radical (unpaired) electrons. The van der Waals surface area contributed by atoms with E-state index < -0.39 is 0 Å². The Morgan fingerprint density at radius 2 is 2.24 bits per heavy atom. The van der Waals surface area contributed by atoms with E-state index in [1.807, 2.05) is 6.92 Å². The number of hydrogen-bond acceptors (Lipinski definition) is 4. The topological polar surface area (TPSA) is 77.2 Å². The molecule has 1 aliphatic rings. The number of pyridine rings is 1. The van der Waals surface area contributed by atoms with E-state index in [1.54, 1.807) is 6.07 Å². The number of ether oxygens (including phenoxy) is 1. The molecule has 0 spiro atoms. The van der Waals surface area contributed by atoms with E-state index in [-0.39, 0.29) is 11.9 Å². The van der Waals surface area contributed by atoms with Gasteiger partial charge in [-0.2, -0.15) is 0 Å². The van der Waals surface area contributed by atoms with Gasteiger partial charge in [-0.3, -0.25) is 9.78 Å². The summed E-state index contributed by atoms with van der Waals surface area (Å²) < 4.78 is 5.24. The second-order valence-electron chi connectivity index (χ2n) is 4.27. The molecule has 0 aliphatic carbocycles. The second-order valence-corrected chi connectivity index (χ2v) is 4.27. The molecule has 92 valence electrons. The number of carbonyl (C=O) groups is 1. The minimum absolute atomic E-state index is 0.151. The SMILES string of the molecule is Cc1cc(N)c(C(=O)NC2CCOCC2)cn1. The minimum Gasteiger partial charge on any atom is -0.398 e. The molecule has 0 aromatic carbocycles. The van der Waals surface area contributed by atoms with Crippen molar-refractivity contribution in [1.82, 2.24) is 10.3 Å². The molecule has 1 fully saturated rings. The number of carbonyl (C=O) groups excluding carboxylic acids is 1. The lowest BCUT2D eigenvalue weighted by atomic mass is 10.1. The van der Waals surface area contributed by atoms with Crippen LogP contribution in [0, 0.1) is 6.92 Å². The molecule has 0 saturated carbocycles. The van der Waals surface area contributed by atoms with Crippen LogP contribution in [-0.2, 0) is 4.74 Å². The summed E-state index contributed by atoms with van der Waals surface area (Å²) in [5.74, 6) is -0.151. The van der Waals surface area contributed by atoms with Crippen molar-refractivity contribution in [3.63, 3.8) is 0 Å². The van der Waals surface area contributed by atoms with Crippen molar-refractivity contribution in [2.75, 3.05) is 18.9 Å². The summed E-state index contributed by atoms with van der Waals surface area (Å²) in [5, 5.41) is 2.96. The van der Waals surface area contributed by atoms with Crippen LogP contribution in [0.5, 0.6) is 0 Å². The van der Waals surface area contributed by atoms with Crippen LogP contribution in [0.25, 0.3) is 0 Å². The highest BCUT2D eigenvalue weighted by molar-refractivity contribution is 5.98. The van der Waals surface area contributed by atoms with Gasteiger partial charge < -0.3 is 15.8 Å². The average molecular weight is 235 g/mol. The second kappa shape index (κ2) is 5.14. The maximum atomic E-state index is 12.0. The van der Waals surface area contributed by atoms with Crippen LogP contribution in [0.1, 0.15) is 28.9 Å². The maximum absolute atomic E-state index is 12.0. The van der Waals surface area contributed by atoms with Crippen molar-refractivity contribution in [3.8, 4) is 0 Å². The molecule has 0 atom stereocenters. The van der Waals surface area contributed by atoms with Gasteiger partial charge in [0.05, 0.1) is 5.56 Å². The van der Waals surface area contributed by atoms with Crippen molar-refractivity contribution in [2.24, 2.45) is 0 Å². The first-order valence-corrected chi connectivity index (χ1v) is 5.77. The normalized spacial score (nSPS) is 16.8. The lowest BCUT2D eigenvalue weighted by Gasteiger charge is -2.23. The van der Waals surface area contributed by atoms with Crippen LogP contribution >= 0.6 is 0 Å². The molecule has 17 heavy (non-hydrogen) atoms. The molecule has 1 aromatic heterocycles. The van der Waals surface area contributed by atoms with Gasteiger partial charge in [-0.25, -0.2) is 0 Å². The fourth-order valence-corrected chi connectivity index (χ4v) is 1.88. The number of amides is 1. The predicted octanol–water partition coefficient (Wildman–Crippen LogP) is 0.881. The van der Waals surface area contributed by atoms with Gasteiger partial charge in [-0.15, -0.1) is 0 Å². The number of nitrogens with one attached hydrogen (secondary N) is 1. The van der Waals surface area contributed by atoms with Gasteiger partial charge in [0.25, 0.3) is 5.91 Å². The van der Waals surface area contributed by atoms with E-state index in [2.05, 4.69) is 10.3 Å². The van der Waals surface area contributed by atoms with Crippen LogP contribution in [0.3, 0.4) is 0 Å². The van der Waals surface area contributed by atoms with Crippen molar-refractivity contribution in [2.45, 2.75) is 25.8 Å². The van der Waals surface area contributed by atoms with Gasteiger partial charge in [-0.1, -0.05) is 0 Å². The van der Waals surface area contributed by atoms with Crippen molar-refractivity contribution < 1.29 is 9.53 Å². The number of aryl methyl sites for hydroxylation is 1. The quantitative estimate of drug-likeness (QED) is 0.797. The van der Waals surface area contributed by atoms with Crippen LogP contribution in [0.2, 0.25) is 0 Å². The highest BCUT2D eigenvalue weighted by Crippen LogP contribution is 2.13. The Morgan fingerprint density at radius 1 is 1.53 bits per heavy atom. The molecule has 1 aliphatic heterocycles. The van der Waals surface area contributed by atoms with Crippen LogP contribution < -0.4 is 11.1 Å². The summed E-state index contributed by atoms with van der Waals surface area (Å²) >= 11 is 0. The van der Waals surface area contributed by atoms with E-state index in [0.29, 0.717) is 24.5 Å². The number of rotatable bonds is 2. The van der Waals surface area contributed by atoms with E-state index in [4.69, 9.17) is 10.5 Å². The Balaban J connectivity index is 2.03. The maximum Gasteiger partial charge on any atom is 0.255 e. The molecule has 2 heterocycles. The standard InChI is InChI=1S/C12H17N3O2/c1-8-6-11(13)10(7-14-8)12(16)15-9-2-4-17-5-3-9/h6-7,9H,2-5H2,1H3,(H2,13,14)(H,15,16). The fourth-order valence-electron chi connectivity index (χ4n) is 1.88. The Labute approximate surface area is 100 Å². The van der Waals surface area contributed by atoms with Crippen LogP contribution in [0.15, 0.2) is 12.3 Å². The van der Waals surface area contributed by atoms with Gasteiger partial charge >= 0.3 is 0 Å². The van der Waals surface area contributed by atoms with Gasteiger partial charge in [0.15, 0.2) is 0 Å². The largest absolute Gasteiger partial charge is 0.398 e. The predicted molar refractivity (Wildman–Crippen MR) is 64.7 cm³/mol. The molecule has 5 heteroatoms. The molecule has 1 saturated heterocycles. The summed E-state index contributed by atoms with van der Waals surface area (Å²) in [5.41, 5.74) is 7.53. The van der Waals surface area contributed by atoms with Gasteiger partial charge in [0, 0.05) is 36.8 Å². The molecule has 0 bridgehead atoms. The van der Waals surface area contributed by atoms with E-state index in [0.717, 1.165) is 18.5 Å². The van der Waals surface area contributed by atoms with E-state index >= 15 is 0 Å². The van der Waals surface area contributed by atoms with Crippen molar-refractivity contribution >= 4 is 11.6 Å². The zero-order valence-corrected chi connectivity index (χ0v) is 9.90. The highest BCUT2D eigenvalue weighted by Gasteiger charge is 2.18. The Morgan fingerprint density at radius 3 is 2.88 bits per heavy atom. The third-order valence-electron chi connectivity index (χ3n) is 2.87. The van der Waals surface area contributed by atoms with Gasteiger partial charge in [-0.05, 0) is 25.8 Å². The number of nitrogens with two attached hydrogens (primary N) is 1. The van der Waals surface area contributed by atoms with Crippen LogP contribution in [-0.4, -0.2) is 30.1 Å². The molecule has 1 amide bonds. The third kappa shape index (κ3) is 2.94. The molecule has 1 aromatic rings. The number of anilines is 1. The smallest absolute Gasteiger partial charge is 0.255 e. The summed E-state index contributed by atoms with van der Waals surface area (Å²) in [6.07, 6.45) is 3.23. The number of aromatic nitrogens is 1. The zero-order chi connectivity index (χ0) is 12.3. The average Bonchev–Trinajstić information content (AvgIpc) is 2.30. The summed E-state index contributed by atoms with van der Waals surface area (Å²) in [6, 6.07) is 1.88. The summed E-state index contributed by atoms with van der Waals surface area (Å²) in [7, 11) is 0. The van der Waals surface area contributed by atoms with E-state index in [9.17, 15) is 4.79 Å². The lowest BCUT2D eigenvalue weighted by molar-refractivity contribution is 0.0697. The monoisotopic (exact) mass is 235 g/mol. The van der Waals surface area contributed by atoms with Crippen molar-refractivity contribution in [3.05, 3.63) is 23.5 Å². The molecule has 0 unspecified atom stereocenters. The Bertz CT molecular complexity index is 414. The molecule has 2 rings (SSSR count). The number of nitrogen functional groups attached to an aromatic ring is 1. The van der Waals surface area contributed by atoms with Gasteiger partial charge in [0.2, 0.25) is 0 Å². The first-order valence-electron chi connectivity index (χ1n) is 5.77. The molecule has 3 N–H and O–H groups in total. The fraction of sp³-hybridized carbons (Fsp3) is 0.500. The molecular weight excluding hydrogens is 218 g/mol. The molecule has 5 nitrogen and oxygen atoms in total.